The van der Waals surface area contributed by atoms with Crippen molar-refractivity contribution in [2.75, 3.05) is 13.1 Å². The van der Waals surface area contributed by atoms with Crippen LogP contribution in [0.5, 0.6) is 0 Å². The largest absolute Gasteiger partial charge is 0.327 e. The van der Waals surface area contributed by atoms with Gasteiger partial charge in [-0.15, -0.1) is 6.58 Å². The number of hydrogen-bond acceptors (Lipinski definition) is 2. The highest BCUT2D eigenvalue weighted by Gasteiger charge is 2.41. The number of likely N-dealkylation sites (tertiary alicyclic amines) is 1. The van der Waals surface area contributed by atoms with Gasteiger partial charge in [-0.05, 0) is 31.6 Å². The van der Waals surface area contributed by atoms with Gasteiger partial charge in [-0.2, -0.15) is 0 Å². The minimum absolute atomic E-state index is 0.465. The number of nitrogens with zero attached hydrogens (tertiary/aromatic N) is 1. The summed E-state index contributed by atoms with van der Waals surface area (Å²) in [5.74, 6) is 1.64. The van der Waals surface area contributed by atoms with Crippen molar-refractivity contribution in [1.82, 2.24) is 4.90 Å². The molecule has 0 spiro atoms. The van der Waals surface area contributed by atoms with E-state index in [1.54, 1.807) is 0 Å². The summed E-state index contributed by atoms with van der Waals surface area (Å²) in [5.41, 5.74) is 6.07. The fourth-order valence-corrected chi connectivity index (χ4v) is 2.82. The maximum atomic E-state index is 6.07. The lowest BCUT2D eigenvalue weighted by molar-refractivity contribution is 0.272. The smallest absolute Gasteiger partial charge is 0.0247 e. The van der Waals surface area contributed by atoms with Crippen LogP contribution in [0, 0.1) is 11.8 Å². The highest BCUT2D eigenvalue weighted by atomic mass is 15.2. The highest BCUT2D eigenvalue weighted by molar-refractivity contribution is 4.99. The predicted octanol–water partition coefficient (Wildman–Crippen LogP) is 1.23. The third-order valence-electron chi connectivity index (χ3n) is 3.86. The standard InChI is InChI=1S/C11H20N2/c1-3-8(2)13-6-9-4-5-11(12)10(9)7-13/h3,8-11H,1,4-7,12H2,2H3. The molecule has 0 aromatic heterocycles. The van der Waals surface area contributed by atoms with Crippen molar-refractivity contribution in [2.24, 2.45) is 17.6 Å². The van der Waals surface area contributed by atoms with Gasteiger partial charge in [-0.3, -0.25) is 4.90 Å². The molecule has 13 heavy (non-hydrogen) atoms. The zero-order chi connectivity index (χ0) is 9.42. The van der Waals surface area contributed by atoms with E-state index in [1.165, 1.54) is 25.9 Å². The molecule has 0 amide bonds. The summed E-state index contributed by atoms with van der Waals surface area (Å²) in [4.78, 5) is 2.52. The van der Waals surface area contributed by atoms with Crippen molar-refractivity contribution in [3.63, 3.8) is 0 Å². The molecule has 1 aliphatic carbocycles. The van der Waals surface area contributed by atoms with Crippen LogP contribution in [0.1, 0.15) is 19.8 Å². The third kappa shape index (κ3) is 1.53. The van der Waals surface area contributed by atoms with Crippen molar-refractivity contribution in [1.29, 1.82) is 0 Å². The summed E-state index contributed by atoms with van der Waals surface area (Å²) in [6.45, 7) is 8.50. The molecule has 1 saturated carbocycles. The van der Waals surface area contributed by atoms with Gasteiger partial charge in [0.1, 0.15) is 0 Å². The van der Waals surface area contributed by atoms with E-state index in [1.807, 2.05) is 6.08 Å². The van der Waals surface area contributed by atoms with Crippen LogP contribution in [0.25, 0.3) is 0 Å². The van der Waals surface area contributed by atoms with E-state index in [9.17, 15) is 0 Å². The minimum Gasteiger partial charge on any atom is -0.327 e. The van der Waals surface area contributed by atoms with Gasteiger partial charge in [0.25, 0.3) is 0 Å². The van der Waals surface area contributed by atoms with Crippen molar-refractivity contribution in [3.8, 4) is 0 Å². The zero-order valence-corrected chi connectivity index (χ0v) is 8.45. The summed E-state index contributed by atoms with van der Waals surface area (Å²) >= 11 is 0. The Labute approximate surface area is 80.8 Å². The first-order valence-corrected chi connectivity index (χ1v) is 5.34. The average molecular weight is 180 g/mol. The van der Waals surface area contributed by atoms with Gasteiger partial charge in [0, 0.05) is 25.2 Å². The second-order valence-electron chi connectivity index (χ2n) is 4.60. The fourth-order valence-electron chi connectivity index (χ4n) is 2.82. The quantitative estimate of drug-likeness (QED) is 0.648. The molecule has 0 radical (unpaired) electrons. The summed E-state index contributed by atoms with van der Waals surface area (Å²) in [6.07, 6.45) is 4.62. The molecule has 74 valence electrons. The fraction of sp³-hybridized carbons (Fsp3) is 0.818. The lowest BCUT2D eigenvalue weighted by atomic mass is 9.98. The predicted molar refractivity (Wildman–Crippen MR) is 55.4 cm³/mol. The first-order chi connectivity index (χ1) is 6.22. The minimum atomic E-state index is 0.465. The van der Waals surface area contributed by atoms with Crippen LogP contribution in [0.3, 0.4) is 0 Å². The van der Waals surface area contributed by atoms with Crippen molar-refractivity contribution >= 4 is 0 Å². The molecule has 1 heterocycles. The van der Waals surface area contributed by atoms with E-state index in [2.05, 4.69) is 18.4 Å². The normalized spacial score (nSPS) is 41.8. The van der Waals surface area contributed by atoms with Crippen LogP contribution in [0.4, 0.5) is 0 Å². The molecule has 4 unspecified atom stereocenters. The summed E-state index contributed by atoms with van der Waals surface area (Å²) in [7, 11) is 0. The Kier molecular flexibility index (Phi) is 2.43. The van der Waals surface area contributed by atoms with E-state index >= 15 is 0 Å². The van der Waals surface area contributed by atoms with Crippen LogP contribution < -0.4 is 5.73 Å². The van der Waals surface area contributed by atoms with E-state index in [4.69, 9.17) is 5.73 Å². The van der Waals surface area contributed by atoms with Crippen LogP contribution in [0.2, 0.25) is 0 Å². The van der Waals surface area contributed by atoms with Gasteiger partial charge in [0.2, 0.25) is 0 Å². The number of rotatable bonds is 2. The lowest BCUT2D eigenvalue weighted by Gasteiger charge is -2.22. The van der Waals surface area contributed by atoms with E-state index in [-0.39, 0.29) is 0 Å². The molecule has 1 aliphatic heterocycles. The molecule has 4 atom stereocenters. The first-order valence-electron chi connectivity index (χ1n) is 5.34. The molecule has 2 heteroatoms. The zero-order valence-electron chi connectivity index (χ0n) is 8.45. The second-order valence-corrected chi connectivity index (χ2v) is 4.60. The number of nitrogens with two attached hydrogens (primary N) is 1. The van der Waals surface area contributed by atoms with Crippen molar-refractivity contribution in [2.45, 2.75) is 31.8 Å². The molecular weight excluding hydrogens is 160 g/mol. The molecule has 2 aliphatic rings. The van der Waals surface area contributed by atoms with Gasteiger partial charge in [0.15, 0.2) is 0 Å². The molecule has 2 fully saturated rings. The Morgan fingerprint density at radius 1 is 1.46 bits per heavy atom. The third-order valence-corrected chi connectivity index (χ3v) is 3.86. The van der Waals surface area contributed by atoms with E-state index < -0.39 is 0 Å². The molecular formula is C11H20N2. The number of hydrogen-bond donors (Lipinski definition) is 1. The van der Waals surface area contributed by atoms with Crippen molar-refractivity contribution < 1.29 is 0 Å². The molecule has 2 nitrogen and oxygen atoms in total. The Morgan fingerprint density at radius 3 is 2.85 bits per heavy atom. The van der Waals surface area contributed by atoms with Crippen LogP contribution >= 0.6 is 0 Å². The summed E-state index contributed by atoms with van der Waals surface area (Å²) in [5, 5.41) is 0. The Morgan fingerprint density at radius 2 is 2.23 bits per heavy atom. The Hall–Kier alpha value is -0.340. The SMILES string of the molecule is C=CC(C)N1CC2CCC(N)C2C1. The average Bonchev–Trinajstić information content (AvgIpc) is 2.67. The van der Waals surface area contributed by atoms with Crippen LogP contribution in [-0.2, 0) is 0 Å². The summed E-state index contributed by atoms with van der Waals surface area (Å²) in [6, 6.07) is 0.991. The second kappa shape index (κ2) is 3.43. The van der Waals surface area contributed by atoms with Crippen molar-refractivity contribution in [3.05, 3.63) is 12.7 Å². The summed E-state index contributed by atoms with van der Waals surface area (Å²) < 4.78 is 0. The Bertz CT molecular complexity index is 202. The van der Waals surface area contributed by atoms with E-state index in [0.29, 0.717) is 12.1 Å². The maximum absolute atomic E-state index is 6.07. The lowest BCUT2D eigenvalue weighted by Crippen LogP contribution is -2.33. The van der Waals surface area contributed by atoms with Gasteiger partial charge in [-0.1, -0.05) is 6.08 Å². The van der Waals surface area contributed by atoms with Gasteiger partial charge in [-0.25, -0.2) is 0 Å². The topological polar surface area (TPSA) is 29.3 Å². The molecule has 2 N–H and O–H groups in total. The number of fused-ring (bicyclic) bond motifs is 1. The van der Waals surface area contributed by atoms with Gasteiger partial charge >= 0.3 is 0 Å². The molecule has 1 saturated heterocycles. The van der Waals surface area contributed by atoms with Crippen LogP contribution in [-0.4, -0.2) is 30.1 Å². The Balaban J connectivity index is 1.98. The van der Waals surface area contributed by atoms with Gasteiger partial charge < -0.3 is 5.73 Å². The monoisotopic (exact) mass is 180 g/mol. The molecule has 0 aromatic carbocycles. The highest BCUT2D eigenvalue weighted by Crippen LogP contribution is 2.37. The van der Waals surface area contributed by atoms with E-state index in [0.717, 1.165) is 11.8 Å². The molecule has 0 bridgehead atoms. The molecule has 2 rings (SSSR count). The maximum Gasteiger partial charge on any atom is 0.0247 e. The van der Waals surface area contributed by atoms with Crippen LogP contribution in [0.15, 0.2) is 12.7 Å². The molecule has 0 aromatic rings. The van der Waals surface area contributed by atoms with Gasteiger partial charge in [0.05, 0.1) is 0 Å². The first kappa shape index (κ1) is 9.22.